The third-order valence-corrected chi connectivity index (χ3v) is 4.30. The van der Waals surface area contributed by atoms with Gasteiger partial charge in [-0.05, 0) is 25.7 Å². The van der Waals surface area contributed by atoms with E-state index in [0.717, 1.165) is 45.1 Å². The molecule has 0 unspecified atom stereocenters. The fourth-order valence-corrected chi connectivity index (χ4v) is 3.42. The quantitative estimate of drug-likeness (QED) is 0.659. The summed E-state index contributed by atoms with van der Waals surface area (Å²) in [4.78, 5) is 26.3. The lowest BCUT2D eigenvalue weighted by molar-refractivity contribution is -0.154. The summed E-state index contributed by atoms with van der Waals surface area (Å²) in [5.41, 5.74) is -0.532. The molecule has 1 spiro atoms. The molecule has 3 rings (SSSR count). The van der Waals surface area contributed by atoms with Crippen LogP contribution in [0.5, 0.6) is 0 Å². The lowest BCUT2D eigenvalue weighted by atomic mass is 9.79. The van der Waals surface area contributed by atoms with E-state index in [4.69, 9.17) is 0 Å². The van der Waals surface area contributed by atoms with Crippen molar-refractivity contribution < 1.29 is 9.59 Å². The van der Waals surface area contributed by atoms with Gasteiger partial charge in [-0.15, -0.1) is 0 Å². The Labute approximate surface area is 95.4 Å². The molecule has 88 valence electrons. The first-order chi connectivity index (χ1) is 7.73. The maximum absolute atomic E-state index is 12.4. The highest BCUT2D eigenvalue weighted by molar-refractivity contribution is 6.00. The molecule has 16 heavy (non-hydrogen) atoms. The molecule has 2 heterocycles. The highest BCUT2D eigenvalue weighted by Gasteiger charge is 2.52. The van der Waals surface area contributed by atoms with Gasteiger partial charge >= 0.3 is 0 Å². The smallest absolute Gasteiger partial charge is 0.249 e. The van der Waals surface area contributed by atoms with Gasteiger partial charge in [-0.3, -0.25) is 9.59 Å². The Bertz CT molecular complexity index is 334. The predicted octanol–water partition coefficient (Wildman–Crippen LogP) is 0.810. The Balaban J connectivity index is 1.90. The van der Waals surface area contributed by atoms with E-state index in [0.29, 0.717) is 0 Å². The second kappa shape index (κ2) is 3.47. The lowest BCUT2D eigenvalue weighted by Crippen LogP contribution is -2.69. The van der Waals surface area contributed by atoms with Crippen LogP contribution in [-0.2, 0) is 9.59 Å². The number of nitrogens with one attached hydrogen (secondary N) is 1. The van der Waals surface area contributed by atoms with Crippen molar-refractivity contribution in [1.82, 2.24) is 10.2 Å². The number of fused-ring (bicyclic) bond motifs is 1. The average molecular weight is 222 g/mol. The topological polar surface area (TPSA) is 49.4 Å². The first-order valence-electron chi connectivity index (χ1n) is 6.36. The second-order valence-electron chi connectivity index (χ2n) is 5.29. The Hall–Kier alpha value is -1.06. The van der Waals surface area contributed by atoms with Gasteiger partial charge in [0.2, 0.25) is 11.8 Å². The van der Waals surface area contributed by atoms with E-state index >= 15 is 0 Å². The summed E-state index contributed by atoms with van der Waals surface area (Å²) < 4.78 is 0. The Morgan fingerprint density at radius 2 is 1.88 bits per heavy atom. The second-order valence-corrected chi connectivity index (χ2v) is 5.29. The number of nitrogens with zero attached hydrogens (tertiary/aromatic N) is 1. The number of hydrogen-bond donors (Lipinski definition) is 1. The summed E-state index contributed by atoms with van der Waals surface area (Å²) in [5, 5.41) is 3.02. The van der Waals surface area contributed by atoms with Crippen LogP contribution in [0.2, 0.25) is 0 Å². The van der Waals surface area contributed by atoms with Gasteiger partial charge in [0, 0.05) is 6.54 Å². The molecule has 1 saturated carbocycles. The maximum Gasteiger partial charge on any atom is 0.249 e. The number of hydrogen-bond acceptors (Lipinski definition) is 2. The molecule has 0 aromatic rings. The molecule has 2 amide bonds. The molecule has 0 aromatic heterocycles. The van der Waals surface area contributed by atoms with Crippen LogP contribution in [0.15, 0.2) is 0 Å². The number of piperazine rings is 1. The van der Waals surface area contributed by atoms with E-state index in [2.05, 4.69) is 5.32 Å². The van der Waals surface area contributed by atoms with Gasteiger partial charge in [0.1, 0.15) is 11.6 Å². The predicted molar refractivity (Wildman–Crippen MR) is 58.7 cm³/mol. The van der Waals surface area contributed by atoms with Crippen molar-refractivity contribution in [1.29, 1.82) is 0 Å². The first-order valence-corrected chi connectivity index (χ1v) is 6.36. The van der Waals surface area contributed by atoms with Crippen molar-refractivity contribution >= 4 is 11.8 Å². The van der Waals surface area contributed by atoms with Gasteiger partial charge in [-0.25, -0.2) is 0 Å². The molecule has 1 N–H and O–H groups in total. The Kier molecular flexibility index (Phi) is 2.19. The molecule has 0 radical (unpaired) electrons. The molecular weight excluding hydrogens is 204 g/mol. The standard InChI is InChI=1S/C12H18N2O2/c15-10-9-5-4-8-14(9)11(16)12(13-10)6-2-1-3-7-12/h9H,1-8H2,(H,13,15)/t9-/m0/s1. The number of amides is 2. The van der Waals surface area contributed by atoms with E-state index in [1.165, 1.54) is 6.42 Å². The minimum absolute atomic E-state index is 0.0824. The van der Waals surface area contributed by atoms with Crippen molar-refractivity contribution in [2.75, 3.05) is 6.54 Å². The first kappa shape index (κ1) is 10.1. The molecule has 2 saturated heterocycles. The zero-order valence-corrected chi connectivity index (χ0v) is 9.50. The SMILES string of the molecule is O=C1NC2(CCCCC2)C(=O)N2CCC[C@@H]12. The number of carbonyl (C=O) groups is 2. The molecule has 4 nitrogen and oxygen atoms in total. The van der Waals surface area contributed by atoms with Gasteiger partial charge in [-0.1, -0.05) is 19.3 Å². The minimum atomic E-state index is -0.532. The van der Waals surface area contributed by atoms with Gasteiger partial charge in [0.05, 0.1) is 0 Å². The van der Waals surface area contributed by atoms with E-state index in [1.54, 1.807) is 0 Å². The van der Waals surface area contributed by atoms with Crippen molar-refractivity contribution in [3.05, 3.63) is 0 Å². The highest BCUT2D eigenvalue weighted by Crippen LogP contribution is 2.35. The minimum Gasteiger partial charge on any atom is -0.340 e. The van der Waals surface area contributed by atoms with Crippen molar-refractivity contribution in [2.24, 2.45) is 0 Å². The largest absolute Gasteiger partial charge is 0.340 e. The van der Waals surface area contributed by atoms with Gasteiger partial charge in [0.25, 0.3) is 0 Å². The zero-order chi connectivity index (χ0) is 11.2. The van der Waals surface area contributed by atoms with Gasteiger partial charge < -0.3 is 10.2 Å². The molecule has 4 heteroatoms. The van der Waals surface area contributed by atoms with E-state index in [9.17, 15) is 9.59 Å². The van der Waals surface area contributed by atoms with Crippen LogP contribution in [0.25, 0.3) is 0 Å². The fourth-order valence-electron chi connectivity index (χ4n) is 3.42. The number of carbonyl (C=O) groups excluding carboxylic acids is 2. The van der Waals surface area contributed by atoms with Crippen molar-refractivity contribution in [2.45, 2.75) is 56.5 Å². The fraction of sp³-hybridized carbons (Fsp3) is 0.833. The van der Waals surface area contributed by atoms with E-state index in [1.807, 2.05) is 4.90 Å². The molecule has 3 fully saturated rings. The Morgan fingerprint density at radius 3 is 2.62 bits per heavy atom. The average Bonchev–Trinajstić information content (AvgIpc) is 2.77. The summed E-state index contributed by atoms with van der Waals surface area (Å²) in [7, 11) is 0. The molecule has 0 aromatic carbocycles. The summed E-state index contributed by atoms with van der Waals surface area (Å²) in [6, 6.07) is -0.167. The zero-order valence-electron chi connectivity index (χ0n) is 9.50. The molecular formula is C12H18N2O2. The normalized spacial score (nSPS) is 32.8. The molecule has 1 aliphatic carbocycles. The maximum atomic E-state index is 12.4. The third kappa shape index (κ3) is 1.28. The Morgan fingerprint density at radius 1 is 1.12 bits per heavy atom. The lowest BCUT2D eigenvalue weighted by Gasteiger charge is -2.45. The van der Waals surface area contributed by atoms with Crippen LogP contribution in [-0.4, -0.2) is 34.8 Å². The van der Waals surface area contributed by atoms with Crippen LogP contribution in [0, 0.1) is 0 Å². The van der Waals surface area contributed by atoms with Crippen molar-refractivity contribution in [3.63, 3.8) is 0 Å². The van der Waals surface area contributed by atoms with Gasteiger partial charge in [-0.2, -0.15) is 0 Å². The summed E-state index contributed by atoms with van der Waals surface area (Å²) in [5.74, 6) is 0.272. The van der Waals surface area contributed by atoms with E-state index < -0.39 is 5.54 Å². The van der Waals surface area contributed by atoms with Crippen LogP contribution in [0.4, 0.5) is 0 Å². The molecule has 2 aliphatic heterocycles. The summed E-state index contributed by atoms with van der Waals surface area (Å²) in [6.45, 7) is 0.776. The van der Waals surface area contributed by atoms with Crippen LogP contribution >= 0.6 is 0 Å². The summed E-state index contributed by atoms with van der Waals surface area (Å²) >= 11 is 0. The van der Waals surface area contributed by atoms with Gasteiger partial charge in [0.15, 0.2) is 0 Å². The molecule has 1 atom stereocenters. The molecule has 3 aliphatic rings. The van der Waals surface area contributed by atoms with Crippen LogP contribution in [0.1, 0.15) is 44.9 Å². The third-order valence-electron chi connectivity index (χ3n) is 4.30. The highest BCUT2D eigenvalue weighted by atomic mass is 16.2. The van der Waals surface area contributed by atoms with Crippen LogP contribution in [0.3, 0.4) is 0 Å². The molecule has 0 bridgehead atoms. The van der Waals surface area contributed by atoms with Crippen LogP contribution < -0.4 is 5.32 Å². The number of rotatable bonds is 0. The van der Waals surface area contributed by atoms with E-state index in [-0.39, 0.29) is 17.9 Å². The monoisotopic (exact) mass is 222 g/mol. The van der Waals surface area contributed by atoms with Crippen molar-refractivity contribution in [3.8, 4) is 0 Å². The summed E-state index contributed by atoms with van der Waals surface area (Å²) in [6.07, 6.45) is 6.79.